The number of ether oxygens (including phenoxy) is 1. The Labute approximate surface area is 186 Å². The van der Waals surface area contributed by atoms with Crippen LogP contribution >= 0.6 is 0 Å². The molecule has 8 nitrogen and oxygen atoms in total. The van der Waals surface area contributed by atoms with Crippen molar-refractivity contribution in [1.29, 1.82) is 5.26 Å². The molecule has 0 bridgehead atoms. The summed E-state index contributed by atoms with van der Waals surface area (Å²) in [4.78, 5) is 31.3. The van der Waals surface area contributed by atoms with Gasteiger partial charge in [0.25, 0.3) is 5.91 Å². The number of rotatable bonds is 3. The Hall–Kier alpha value is -3.83. The second-order valence-corrected chi connectivity index (χ2v) is 7.78. The van der Waals surface area contributed by atoms with Crippen molar-refractivity contribution in [1.82, 2.24) is 19.9 Å². The molecule has 1 amide bonds. The van der Waals surface area contributed by atoms with E-state index in [4.69, 9.17) is 14.7 Å². The molecule has 1 aromatic carbocycles. The highest BCUT2D eigenvalue weighted by atomic mass is 16.5. The summed E-state index contributed by atoms with van der Waals surface area (Å²) >= 11 is 0. The predicted molar refractivity (Wildman–Crippen MR) is 118 cm³/mol. The minimum absolute atomic E-state index is 0.0884. The monoisotopic (exact) mass is 426 g/mol. The Morgan fingerprint density at radius 3 is 2.72 bits per heavy atom. The summed E-state index contributed by atoms with van der Waals surface area (Å²) in [7, 11) is 0. The van der Waals surface area contributed by atoms with E-state index in [9.17, 15) is 10.1 Å². The van der Waals surface area contributed by atoms with E-state index in [0.717, 1.165) is 35.9 Å². The highest BCUT2D eigenvalue weighted by molar-refractivity contribution is 5.94. The standard InChI is InChI=1S/C24H22N6O2/c25-15-17-4-3-5-18(14-17)24(31)30-9-7-20-19(16-30)23(29-10-12-32-13-11-29)28-22(27-20)21-6-1-2-8-26-21/h1-6,8,14H,7,9-13,16H2. The van der Waals surface area contributed by atoms with Crippen LogP contribution in [0.25, 0.3) is 11.5 Å². The molecule has 32 heavy (non-hydrogen) atoms. The first-order valence-corrected chi connectivity index (χ1v) is 10.7. The van der Waals surface area contributed by atoms with Crippen LogP contribution in [0, 0.1) is 11.3 Å². The van der Waals surface area contributed by atoms with E-state index < -0.39 is 0 Å². The fourth-order valence-electron chi connectivity index (χ4n) is 4.12. The van der Waals surface area contributed by atoms with Gasteiger partial charge in [-0.25, -0.2) is 9.97 Å². The third kappa shape index (κ3) is 3.90. The molecule has 0 aliphatic carbocycles. The molecule has 0 unspecified atom stereocenters. The molecule has 2 aliphatic rings. The maximum absolute atomic E-state index is 13.2. The number of hydrogen-bond acceptors (Lipinski definition) is 7. The van der Waals surface area contributed by atoms with Crippen molar-refractivity contribution in [2.75, 3.05) is 37.7 Å². The van der Waals surface area contributed by atoms with Gasteiger partial charge in [-0.2, -0.15) is 5.26 Å². The number of anilines is 1. The summed E-state index contributed by atoms with van der Waals surface area (Å²) in [6.07, 6.45) is 2.38. The van der Waals surface area contributed by atoms with Crippen LogP contribution in [0.15, 0.2) is 48.7 Å². The topological polar surface area (TPSA) is 95.2 Å². The Balaban J connectivity index is 1.51. The second-order valence-electron chi connectivity index (χ2n) is 7.78. The summed E-state index contributed by atoms with van der Waals surface area (Å²) in [5.74, 6) is 1.36. The quantitative estimate of drug-likeness (QED) is 0.635. The smallest absolute Gasteiger partial charge is 0.254 e. The first-order valence-electron chi connectivity index (χ1n) is 10.7. The van der Waals surface area contributed by atoms with Gasteiger partial charge < -0.3 is 14.5 Å². The fourth-order valence-corrected chi connectivity index (χ4v) is 4.12. The maximum Gasteiger partial charge on any atom is 0.254 e. The van der Waals surface area contributed by atoms with Crippen LogP contribution in [-0.2, 0) is 17.7 Å². The van der Waals surface area contributed by atoms with Crippen molar-refractivity contribution >= 4 is 11.7 Å². The highest BCUT2D eigenvalue weighted by Crippen LogP contribution is 2.30. The predicted octanol–water partition coefficient (Wildman–Crippen LogP) is 2.45. The van der Waals surface area contributed by atoms with Gasteiger partial charge in [0.05, 0.1) is 37.1 Å². The zero-order chi connectivity index (χ0) is 21.9. The number of morpholine rings is 1. The zero-order valence-corrected chi connectivity index (χ0v) is 17.6. The summed E-state index contributed by atoms with van der Waals surface area (Å²) < 4.78 is 5.53. The van der Waals surface area contributed by atoms with Crippen LogP contribution in [0.1, 0.15) is 27.2 Å². The SMILES string of the molecule is N#Cc1cccc(C(=O)N2CCc3nc(-c4ccccn4)nc(N4CCOCC4)c3C2)c1. The number of nitrogens with zero attached hydrogens (tertiary/aromatic N) is 6. The van der Waals surface area contributed by atoms with E-state index >= 15 is 0 Å². The van der Waals surface area contributed by atoms with Gasteiger partial charge in [-0.3, -0.25) is 9.78 Å². The molecule has 0 atom stereocenters. The van der Waals surface area contributed by atoms with Crippen molar-refractivity contribution in [2.45, 2.75) is 13.0 Å². The molecule has 1 fully saturated rings. The largest absolute Gasteiger partial charge is 0.378 e. The summed E-state index contributed by atoms with van der Waals surface area (Å²) in [5.41, 5.74) is 3.66. The molecule has 0 N–H and O–H groups in total. The maximum atomic E-state index is 13.2. The van der Waals surface area contributed by atoms with Gasteiger partial charge in [0.1, 0.15) is 11.5 Å². The first kappa shape index (κ1) is 20.1. The fraction of sp³-hybridized carbons (Fsp3) is 0.292. The lowest BCUT2D eigenvalue weighted by atomic mass is 10.0. The van der Waals surface area contributed by atoms with E-state index in [1.807, 2.05) is 23.1 Å². The number of aromatic nitrogens is 3. The minimum atomic E-state index is -0.0884. The molecule has 160 valence electrons. The Morgan fingerprint density at radius 2 is 1.94 bits per heavy atom. The van der Waals surface area contributed by atoms with Crippen LogP contribution in [0.2, 0.25) is 0 Å². The molecular weight excluding hydrogens is 404 g/mol. The molecule has 2 aliphatic heterocycles. The number of amides is 1. The lowest BCUT2D eigenvalue weighted by Gasteiger charge is -2.34. The normalized spacial score (nSPS) is 15.7. The van der Waals surface area contributed by atoms with Gasteiger partial charge in [0.15, 0.2) is 5.82 Å². The lowest BCUT2D eigenvalue weighted by molar-refractivity contribution is 0.0733. The highest BCUT2D eigenvalue weighted by Gasteiger charge is 2.29. The lowest BCUT2D eigenvalue weighted by Crippen LogP contribution is -2.41. The average Bonchev–Trinajstić information content (AvgIpc) is 2.88. The summed E-state index contributed by atoms with van der Waals surface area (Å²) in [6, 6.07) is 14.6. The van der Waals surface area contributed by atoms with Crippen molar-refractivity contribution in [3.05, 3.63) is 71.0 Å². The van der Waals surface area contributed by atoms with E-state index in [-0.39, 0.29) is 5.91 Å². The van der Waals surface area contributed by atoms with Crippen LogP contribution in [0.3, 0.4) is 0 Å². The number of fused-ring (bicyclic) bond motifs is 1. The van der Waals surface area contributed by atoms with Gasteiger partial charge >= 0.3 is 0 Å². The van der Waals surface area contributed by atoms with E-state index in [0.29, 0.717) is 49.7 Å². The van der Waals surface area contributed by atoms with Gasteiger partial charge in [0, 0.05) is 43.4 Å². The Morgan fingerprint density at radius 1 is 1.06 bits per heavy atom. The molecule has 8 heteroatoms. The third-order valence-electron chi connectivity index (χ3n) is 5.77. The molecule has 0 spiro atoms. The molecular formula is C24H22N6O2. The molecule has 3 aromatic rings. The zero-order valence-electron chi connectivity index (χ0n) is 17.6. The van der Waals surface area contributed by atoms with Crippen LogP contribution in [-0.4, -0.2) is 58.6 Å². The first-order chi connectivity index (χ1) is 15.7. The molecule has 5 rings (SSSR count). The van der Waals surface area contributed by atoms with Crippen LogP contribution < -0.4 is 4.90 Å². The molecule has 4 heterocycles. The summed E-state index contributed by atoms with van der Waals surface area (Å²) in [5, 5.41) is 9.17. The number of hydrogen-bond donors (Lipinski definition) is 0. The average molecular weight is 426 g/mol. The summed E-state index contributed by atoms with van der Waals surface area (Å²) in [6.45, 7) is 3.75. The van der Waals surface area contributed by atoms with Gasteiger partial charge in [-0.05, 0) is 30.3 Å². The van der Waals surface area contributed by atoms with Crippen molar-refractivity contribution in [2.24, 2.45) is 0 Å². The molecule has 0 radical (unpaired) electrons. The number of pyridine rings is 1. The van der Waals surface area contributed by atoms with Gasteiger partial charge in [-0.1, -0.05) is 12.1 Å². The van der Waals surface area contributed by atoms with E-state index in [1.165, 1.54) is 0 Å². The third-order valence-corrected chi connectivity index (χ3v) is 5.77. The van der Waals surface area contributed by atoms with Crippen molar-refractivity contribution in [3.63, 3.8) is 0 Å². The van der Waals surface area contributed by atoms with Crippen LogP contribution in [0.5, 0.6) is 0 Å². The van der Waals surface area contributed by atoms with Crippen molar-refractivity contribution in [3.8, 4) is 17.6 Å². The molecule has 1 saturated heterocycles. The van der Waals surface area contributed by atoms with E-state index in [2.05, 4.69) is 16.0 Å². The number of carbonyl (C=O) groups excluding carboxylic acids is 1. The second kappa shape index (κ2) is 8.73. The van der Waals surface area contributed by atoms with Crippen molar-refractivity contribution < 1.29 is 9.53 Å². The molecule has 0 saturated carbocycles. The molecule has 2 aromatic heterocycles. The number of nitriles is 1. The Kier molecular flexibility index (Phi) is 5.48. The number of benzene rings is 1. The van der Waals surface area contributed by atoms with Gasteiger partial charge in [0.2, 0.25) is 0 Å². The van der Waals surface area contributed by atoms with Crippen LogP contribution in [0.4, 0.5) is 5.82 Å². The van der Waals surface area contributed by atoms with Gasteiger partial charge in [-0.15, -0.1) is 0 Å². The number of carbonyl (C=O) groups is 1. The van der Waals surface area contributed by atoms with E-state index in [1.54, 1.807) is 30.5 Å². The minimum Gasteiger partial charge on any atom is -0.378 e. The Bertz CT molecular complexity index is 1180.